The number of aromatic nitrogens is 2. The van der Waals surface area contributed by atoms with Gasteiger partial charge in [-0.2, -0.15) is 4.39 Å². The molecule has 9 heteroatoms. The van der Waals surface area contributed by atoms with E-state index in [-0.39, 0.29) is 17.3 Å². The summed E-state index contributed by atoms with van der Waals surface area (Å²) >= 11 is 1.37. The Morgan fingerprint density at radius 3 is 2.56 bits per heavy atom. The third-order valence-electron chi connectivity index (χ3n) is 4.57. The highest BCUT2D eigenvalue weighted by atomic mass is 32.1. The van der Waals surface area contributed by atoms with Gasteiger partial charge in [-0.25, -0.2) is 14.8 Å². The zero-order valence-corrected chi connectivity index (χ0v) is 20.7. The number of carbonyl (C=O) groups is 2. The molecule has 0 spiro atoms. The number of halogens is 1. The molecular formula is C23H33FN4O3S. The second-order valence-corrected chi connectivity index (χ2v) is 10.3. The van der Waals surface area contributed by atoms with Crippen molar-refractivity contribution < 1.29 is 18.7 Å². The predicted octanol–water partition coefficient (Wildman–Crippen LogP) is 4.98. The Hall–Kier alpha value is -2.55. The molecule has 0 radical (unpaired) electrons. The third kappa shape index (κ3) is 7.25. The Labute approximate surface area is 193 Å². The van der Waals surface area contributed by atoms with E-state index in [2.05, 4.69) is 29.1 Å². The van der Waals surface area contributed by atoms with Gasteiger partial charge in [0.15, 0.2) is 5.13 Å². The highest BCUT2D eigenvalue weighted by Crippen LogP contribution is 2.28. The van der Waals surface area contributed by atoms with Crippen molar-refractivity contribution in [3.05, 3.63) is 40.4 Å². The molecule has 0 aliphatic rings. The number of nitrogens with one attached hydrogen (secondary N) is 1. The molecule has 0 bridgehead atoms. The van der Waals surface area contributed by atoms with Gasteiger partial charge >= 0.3 is 6.09 Å². The molecule has 7 nitrogen and oxygen atoms in total. The number of alkyl carbamates (subject to hydrolysis) is 1. The molecule has 0 aliphatic carbocycles. The lowest BCUT2D eigenvalue weighted by Gasteiger charge is -2.29. The molecule has 32 heavy (non-hydrogen) atoms. The molecule has 2 rings (SSSR count). The molecule has 2 heterocycles. The SMILES string of the molecule is CCN(C[C@H](CC(C)C)NC(=O)OC(C)(C)C)c1nc(C(=O)c2cccnc2F)c(C)s1. The monoisotopic (exact) mass is 464 g/mol. The van der Waals surface area contributed by atoms with Crippen molar-refractivity contribution in [2.75, 3.05) is 18.0 Å². The molecule has 2 aromatic heterocycles. The topological polar surface area (TPSA) is 84.4 Å². The Morgan fingerprint density at radius 1 is 1.31 bits per heavy atom. The molecule has 0 unspecified atom stereocenters. The number of hydrogen-bond acceptors (Lipinski definition) is 7. The Bertz CT molecular complexity index is 940. The van der Waals surface area contributed by atoms with E-state index in [1.54, 1.807) is 6.92 Å². The lowest BCUT2D eigenvalue weighted by molar-refractivity contribution is 0.0500. The summed E-state index contributed by atoms with van der Waals surface area (Å²) in [6, 6.07) is 2.77. The van der Waals surface area contributed by atoms with Crippen molar-refractivity contribution in [2.45, 2.75) is 66.5 Å². The van der Waals surface area contributed by atoms with E-state index in [0.717, 1.165) is 6.42 Å². The van der Waals surface area contributed by atoms with Gasteiger partial charge in [0.2, 0.25) is 11.7 Å². The minimum absolute atomic E-state index is 0.0974. The molecule has 1 atom stereocenters. The summed E-state index contributed by atoms with van der Waals surface area (Å²) in [7, 11) is 0. The van der Waals surface area contributed by atoms with E-state index >= 15 is 0 Å². The van der Waals surface area contributed by atoms with Crippen LogP contribution in [0, 0.1) is 18.8 Å². The van der Waals surface area contributed by atoms with Crippen molar-refractivity contribution in [3.8, 4) is 0 Å². The number of anilines is 1. The number of thiazole rings is 1. The summed E-state index contributed by atoms with van der Waals surface area (Å²) in [5, 5.41) is 3.62. The Kier molecular flexibility index (Phi) is 8.72. The van der Waals surface area contributed by atoms with Gasteiger partial charge in [0.05, 0.1) is 5.56 Å². The summed E-state index contributed by atoms with van der Waals surface area (Å²) < 4.78 is 19.4. The highest BCUT2D eigenvalue weighted by molar-refractivity contribution is 7.15. The van der Waals surface area contributed by atoms with Crippen LogP contribution in [0.2, 0.25) is 0 Å². The van der Waals surface area contributed by atoms with Crippen LogP contribution < -0.4 is 10.2 Å². The quantitative estimate of drug-likeness (QED) is 0.416. The first-order valence-electron chi connectivity index (χ1n) is 10.8. The van der Waals surface area contributed by atoms with Crippen LogP contribution in [0.4, 0.5) is 14.3 Å². The van der Waals surface area contributed by atoms with Gasteiger partial charge in [-0.15, -0.1) is 11.3 Å². The van der Waals surface area contributed by atoms with Crippen molar-refractivity contribution in [1.82, 2.24) is 15.3 Å². The number of carbonyl (C=O) groups excluding carboxylic acids is 2. The van der Waals surface area contributed by atoms with Crippen LogP contribution in [0.15, 0.2) is 18.3 Å². The molecule has 1 N–H and O–H groups in total. The number of aryl methyl sites for hydroxylation is 1. The van der Waals surface area contributed by atoms with Gasteiger partial charge in [-0.1, -0.05) is 13.8 Å². The number of rotatable bonds is 9. The van der Waals surface area contributed by atoms with Gasteiger partial charge < -0.3 is 15.0 Å². The van der Waals surface area contributed by atoms with Crippen LogP contribution in [0.5, 0.6) is 0 Å². The van der Waals surface area contributed by atoms with E-state index in [1.807, 2.05) is 32.6 Å². The van der Waals surface area contributed by atoms with Crippen LogP contribution in [0.1, 0.15) is 68.9 Å². The molecule has 0 aromatic carbocycles. The normalized spacial score (nSPS) is 12.5. The van der Waals surface area contributed by atoms with Gasteiger partial charge in [0.25, 0.3) is 0 Å². The molecule has 0 aliphatic heterocycles. The number of likely N-dealkylation sites (N-methyl/N-ethyl adjacent to an activating group) is 1. The molecule has 2 aromatic rings. The highest BCUT2D eigenvalue weighted by Gasteiger charge is 2.25. The van der Waals surface area contributed by atoms with Gasteiger partial charge in [-0.05, 0) is 59.1 Å². The molecular weight excluding hydrogens is 431 g/mol. The summed E-state index contributed by atoms with van der Waals surface area (Å²) in [6.07, 6.45) is 1.60. The summed E-state index contributed by atoms with van der Waals surface area (Å²) in [4.78, 5) is 36.0. The minimum Gasteiger partial charge on any atom is -0.444 e. The van der Waals surface area contributed by atoms with Crippen LogP contribution in [-0.2, 0) is 4.74 Å². The zero-order chi connectivity index (χ0) is 24.1. The molecule has 0 saturated heterocycles. The summed E-state index contributed by atoms with van der Waals surface area (Å²) in [5.74, 6) is -0.938. The maximum atomic E-state index is 14.0. The van der Waals surface area contributed by atoms with Crippen LogP contribution >= 0.6 is 11.3 Å². The van der Waals surface area contributed by atoms with Gasteiger partial charge in [-0.3, -0.25) is 4.79 Å². The zero-order valence-electron chi connectivity index (χ0n) is 19.9. The number of hydrogen-bond donors (Lipinski definition) is 1. The van der Waals surface area contributed by atoms with Gasteiger partial charge in [0, 0.05) is 30.2 Å². The largest absolute Gasteiger partial charge is 0.444 e. The average Bonchev–Trinajstić information content (AvgIpc) is 3.05. The third-order valence-corrected chi connectivity index (χ3v) is 5.61. The first kappa shape index (κ1) is 25.7. The Morgan fingerprint density at radius 2 is 2.00 bits per heavy atom. The standard InChI is InChI=1S/C23H33FN4O3S/c1-8-28(13-16(12-14(2)3)26-22(30)31-23(5,6)7)21-27-18(15(4)32-21)19(29)17-10-9-11-25-20(17)24/h9-11,14,16H,8,12-13H2,1-7H3,(H,26,30)/t16-/m0/s1. The van der Waals surface area contributed by atoms with E-state index in [1.165, 1.54) is 29.7 Å². The first-order valence-corrected chi connectivity index (χ1v) is 11.6. The van der Waals surface area contributed by atoms with E-state index < -0.39 is 23.4 Å². The Balaban J connectivity index is 2.22. The predicted molar refractivity (Wildman–Crippen MR) is 125 cm³/mol. The van der Waals surface area contributed by atoms with Crippen LogP contribution in [0.25, 0.3) is 0 Å². The lowest BCUT2D eigenvalue weighted by Crippen LogP contribution is -2.46. The average molecular weight is 465 g/mol. The van der Waals surface area contributed by atoms with Crippen molar-refractivity contribution in [2.24, 2.45) is 5.92 Å². The van der Waals surface area contributed by atoms with Gasteiger partial charge in [0.1, 0.15) is 11.3 Å². The van der Waals surface area contributed by atoms with E-state index in [9.17, 15) is 14.0 Å². The number of ketones is 1. The molecule has 0 saturated carbocycles. The minimum atomic E-state index is -0.808. The molecule has 0 fully saturated rings. The van der Waals surface area contributed by atoms with Crippen LogP contribution in [-0.4, -0.2) is 46.6 Å². The maximum Gasteiger partial charge on any atom is 0.407 e. The molecule has 176 valence electrons. The first-order chi connectivity index (χ1) is 14.9. The number of amides is 1. The van der Waals surface area contributed by atoms with Crippen molar-refractivity contribution in [1.29, 1.82) is 0 Å². The fraction of sp³-hybridized carbons (Fsp3) is 0.565. The van der Waals surface area contributed by atoms with Crippen molar-refractivity contribution in [3.63, 3.8) is 0 Å². The maximum absolute atomic E-state index is 14.0. The second-order valence-electron chi connectivity index (χ2n) is 9.08. The van der Waals surface area contributed by atoms with Crippen LogP contribution in [0.3, 0.4) is 0 Å². The summed E-state index contributed by atoms with van der Waals surface area (Å²) in [6.45, 7) is 14.6. The number of pyridine rings is 1. The summed E-state index contributed by atoms with van der Waals surface area (Å²) in [5.41, 5.74) is -0.462. The fourth-order valence-electron chi connectivity index (χ4n) is 3.24. The fourth-order valence-corrected chi connectivity index (χ4v) is 4.22. The molecule has 1 amide bonds. The second kappa shape index (κ2) is 10.8. The number of nitrogens with zero attached hydrogens (tertiary/aromatic N) is 3. The lowest BCUT2D eigenvalue weighted by atomic mass is 10.0. The number of ether oxygens (including phenoxy) is 1. The van der Waals surface area contributed by atoms with Crippen molar-refractivity contribution >= 4 is 28.3 Å². The van der Waals surface area contributed by atoms with E-state index in [0.29, 0.717) is 29.0 Å². The van der Waals surface area contributed by atoms with E-state index in [4.69, 9.17) is 4.74 Å². The smallest absolute Gasteiger partial charge is 0.407 e.